The van der Waals surface area contributed by atoms with Gasteiger partial charge in [-0.05, 0) is 35.0 Å². The van der Waals surface area contributed by atoms with Gasteiger partial charge in [-0.1, -0.05) is 6.42 Å². The van der Waals surface area contributed by atoms with Crippen molar-refractivity contribution in [2.24, 2.45) is 0 Å². The smallest absolute Gasteiger partial charge is 0.225 e. The monoisotopic (exact) mass is 301 g/mol. The average molecular weight is 302 g/mol. The molecule has 0 saturated carbocycles. The number of hydrogen-bond donors (Lipinski definition) is 0. The van der Waals surface area contributed by atoms with Gasteiger partial charge in [0.1, 0.15) is 0 Å². The molecule has 88 valence electrons. The molecule has 2 rings (SSSR count). The van der Waals surface area contributed by atoms with E-state index in [4.69, 9.17) is 0 Å². The molecule has 0 amide bonds. The number of halogens is 1. The fourth-order valence-corrected chi connectivity index (χ4v) is 2.88. The first-order valence-electron chi connectivity index (χ1n) is 5.55. The summed E-state index contributed by atoms with van der Waals surface area (Å²) in [7, 11) is 0. The second kappa shape index (κ2) is 5.87. The lowest BCUT2D eigenvalue weighted by Crippen LogP contribution is -2.30. The van der Waals surface area contributed by atoms with E-state index in [0.29, 0.717) is 0 Å². The first-order valence-corrected chi connectivity index (χ1v) is 7.63. The zero-order valence-electron chi connectivity index (χ0n) is 9.40. The summed E-state index contributed by atoms with van der Waals surface area (Å²) in [5.74, 6) is 0.865. The molecule has 0 radical (unpaired) electrons. The largest absolute Gasteiger partial charge is 0.340 e. The Morgan fingerprint density at radius 2 is 2.12 bits per heavy atom. The topological polar surface area (TPSA) is 29.0 Å². The Hall–Kier alpha value is -0.290. The fraction of sp³-hybridized carbons (Fsp3) is 0.636. The molecule has 16 heavy (non-hydrogen) atoms. The van der Waals surface area contributed by atoms with Gasteiger partial charge in [-0.25, -0.2) is 9.97 Å². The van der Waals surface area contributed by atoms with E-state index >= 15 is 0 Å². The second-order valence-corrected chi connectivity index (χ2v) is 6.05. The van der Waals surface area contributed by atoms with Crippen LogP contribution in [0, 0.1) is 0 Å². The van der Waals surface area contributed by atoms with E-state index in [9.17, 15) is 0 Å². The number of hydrogen-bond acceptors (Lipinski definition) is 4. The summed E-state index contributed by atoms with van der Waals surface area (Å²) in [5.41, 5.74) is 0. The first kappa shape index (κ1) is 12.2. The van der Waals surface area contributed by atoms with Gasteiger partial charge >= 0.3 is 0 Å². The Kier molecular flexibility index (Phi) is 4.46. The van der Waals surface area contributed by atoms with E-state index in [-0.39, 0.29) is 0 Å². The fourth-order valence-electron chi connectivity index (χ4n) is 1.95. The molecule has 2 heterocycles. The Bertz CT molecular complexity index is 331. The lowest BCUT2D eigenvalue weighted by Gasteiger charge is -2.23. The van der Waals surface area contributed by atoms with Crippen LogP contribution >= 0.6 is 27.7 Å². The van der Waals surface area contributed by atoms with E-state index in [2.05, 4.69) is 37.1 Å². The molecule has 3 nitrogen and oxygen atoms in total. The van der Waals surface area contributed by atoms with E-state index in [1.54, 1.807) is 0 Å². The highest BCUT2D eigenvalue weighted by atomic mass is 79.9. The van der Waals surface area contributed by atoms with Crippen LogP contribution in [0.3, 0.4) is 0 Å². The molecular weight excluding hydrogens is 286 g/mol. The van der Waals surface area contributed by atoms with Crippen molar-refractivity contribution < 1.29 is 0 Å². The number of aromatic nitrogens is 2. The molecule has 1 saturated heterocycles. The predicted molar refractivity (Wildman–Crippen MR) is 73.1 cm³/mol. The van der Waals surface area contributed by atoms with Crippen LogP contribution in [0.2, 0.25) is 0 Å². The SMILES string of the molecule is CS[C@@H]1CCCCN(c2ncc(Br)cn2)C1. The normalized spacial score (nSPS) is 21.9. The van der Waals surface area contributed by atoms with Crippen LogP contribution in [0.4, 0.5) is 5.95 Å². The maximum Gasteiger partial charge on any atom is 0.225 e. The van der Waals surface area contributed by atoms with Crippen molar-refractivity contribution in [2.45, 2.75) is 24.5 Å². The Morgan fingerprint density at radius 1 is 1.38 bits per heavy atom. The van der Waals surface area contributed by atoms with E-state index < -0.39 is 0 Å². The molecular formula is C11H16BrN3S. The van der Waals surface area contributed by atoms with E-state index in [1.807, 2.05) is 24.2 Å². The van der Waals surface area contributed by atoms with Gasteiger partial charge in [0.25, 0.3) is 0 Å². The second-order valence-electron chi connectivity index (χ2n) is 4.00. The van der Waals surface area contributed by atoms with Crippen molar-refractivity contribution in [1.29, 1.82) is 0 Å². The van der Waals surface area contributed by atoms with Crippen molar-refractivity contribution in [3.63, 3.8) is 0 Å². The van der Waals surface area contributed by atoms with Crippen molar-refractivity contribution >= 4 is 33.6 Å². The minimum atomic E-state index is 0.717. The number of rotatable bonds is 2. The number of nitrogens with zero attached hydrogens (tertiary/aromatic N) is 3. The number of anilines is 1. The van der Waals surface area contributed by atoms with Gasteiger partial charge in [0.2, 0.25) is 5.95 Å². The summed E-state index contributed by atoms with van der Waals surface area (Å²) in [6, 6.07) is 0. The van der Waals surface area contributed by atoms with Gasteiger partial charge in [0.15, 0.2) is 0 Å². The summed E-state index contributed by atoms with van der Waals surface area (Å²) in [5, 5.41) is 0.717. The quantitative estimate of drug-likeness (QED) is 0.840. The summed E-state index contributed by atoms with van der Waals surface area (Å²) in [4.78, 5) is 11.0. The van der Waals surface area contributed by atoms with Gasteiger partial charge in [0.05, 0.1) is 4.47 Å². The molecule has 0 unspecified atom stereocenters. The summed E-state index contributed by atoms with van der Waals surface area (Å²) in [6.45, 7) is 2.15. The Labute approximate surface area is 109 Å². The molecule has 1 aromatic heterocycles. The van der Waals surface area contributed by atoms with E-state index in [0.717, 1.165) is 28.8 Å². The maximum atomic E-state index is 4.37. The van der Waals surface area contributed by atoms with Gasteiger partial charge in [-0.3, -0.25) is 0 Å². The first-order chi connectivity index (χ1) is 7.79. The average Bonchev–Trinajstić information content (AvgIpc) is 2.55. The lowest BCUT2D eigenvalue weighted by atomic mass is 10.2. The van der Waals surface area contributed by atoms with Crippen LogP contribution < -0.4 is 4.90 Å². The van der Waals surface area contributed by atoms with Crippen molar-refractivity contribution in [1.82, 2.24) is 9.97 Å². The molecule has 0 aliphatic carbocycles. The van der Waals surface area contributed by atoms with Crippen molar-refractivity contribution in [2.75, 3.05) is 24.2 Å². The maximum absolute atomic E-state index is 4.37. The minimum absolute atomic E-state index is 0.717. The summed E-state index contributed by atoms with van der Waals surface area (Å²) in [6.07, 6.45) is 9.71. The molecule has 0 aromatic carbocycles. The van der Waals surface area contributed by atoms with Gasteiger partial charge in [-0.15, -0.1) is 0 Å². The van der Waals surface area contributed by atoms with Gasteiger partial charge < -0.3 is 4.90 Å². The highest BCUT2D eigenvalue weighted by molar-refractivity contribution is 9.10. The lowest BCUT2D eigenvalue weighted by molar-refractivity contribution is 0.735. The third-order valence-corrected chi connectivity index (χ3v) is 4.31. The highest BCUT2D eigenvalue weighted by Gasteiger charge is 2.18. The van der Waals surface area contributed by atoms with Crippen LogP contribution in [-0.2, 0) is 0 Å². The van der Waals surface area contributed by atoms with Crippen molar-refractivity contribution in [3.05, 3.63) is 16.9 Å². The molecule has 1 aliphatic rings. The Balaban J connectivity index is 2.09. The summed E-state index contributed by atoms with van der Waals surface area (Å²) >= 11 is 5.32. The molecule has 1 atom stereocenters. The van der Waals surface area contributed by atoms with Crippen LogP contribution in [0.1, 0.15) is 19.3 Å². The van der Waals surface area contributed by atoms with Crippen LogP contribution in [0.5, 0.6) is 0 Å². The number of thioether (sulfide) groups is 1. The molecule has 1 aliphatic heterocycles. The summed E-state index contributed by atoms with van der Waals surface area (Å²) < 4.78 is 0.937. The molecule has 1 fully saturated rings. The third-order valence-electron chi connectivity index (χ3n) is 2.85. The molecule has 0 N–H and O–H groups in total. The molecule has 0 spiro atoms. The Morgan fingerprint density at radius 3 is 2.81 bits per heavy atom. The molecule has 5 heteroatoms. The van der Waals surface area contributed by atoms with Crippen LogP contribution in [0.15, 0.2) is 16.9 Å². The van der Waals surface area contributed by atoms with Gasteiger partial charge in [0, 0.05) is 30.7 Å². The van der Waals surface area contributed by atoms with Crippen LogP contribution in [-0.4, -0.2) is 34.6 Å². The zero-order chi connectivity index (χ0) is 11.4. The molecule has 1 aromatic rings. The standard InChI is InChI=1S/C11H16BrN3S/c1-16-10-4-2-3-5-15(8-10)11-13-6-9(12)7-14-11/h6-7,10H,2-5,8H2,1H3/t10-/m1/s1. The zero-order valence-corrected chi connectivity index (χ0v) is 11.8. The molecule has 0 bridgehead atoms. The highest BCUT2D eigenvalue weighted by Crippen LogP contribution is 2.22. The predicted octanol–water partition coefficient (Wildman–Crippen LogP) is 2.96. The third kappa shape index (κ3) is 3.10. The van der Waals surface area contributed by atoms with E-state index in [1.165, 1.54) is 19.3 Å². The van der Waals surface area contributed by atoms with Crippen molar-refractivity contribution in [3.8, 4) is 0 Å². The van der Waals surface area contributed by atoms with Gasteiger partial charge in [-0.2, -0.15) is 11.8 Å². The van der Waals surface area contributed by atoms with Crippen LogP contribution in [0.25, 0.3) is 0 Å². The minimum Gasteiger partial charge on any atom is -0.340 e.